The third kappa shape index (κ3) is 7.29. The molecule has 6 nitrogen and oxygen atoms in total. The molecule has 3 aromatic rings. The number of rotatable bonds is 9. The molecule has 1 aliphatic rings. The lowest BCUT2D eigenvalue weighted by atomic mass is 9.89. The van der Waals surface area contributed by atoms with Crippen molar-refractivity contribution in [3.05, 3.63) is 88.7 Å². The van der Waals surface area contributed by atoms with Crippen LogP contribution in [0, 0.1) is 5.82 Å². The van der Waals surface area contributed by atoms with Crippen molar-refractivity contribution in [3.63, 3.8) is 0 Å². The van der Waals surface area contributed by atoms with Crippen LogP contribution in [-0.4, -0.2) is 47.1 Å². The topological polar surface area (TPSA) is 88.0 Å². The number of aliphatic hydroxyl groups excluding tert-OH is 2. The van der Waals surface area contributed by atoms with E-state index in [-0.39, 0.29) is 11.7 Å². The van der Waals surface area contributed by atoms with Gasteiger partial charge in [-0.2, -0.15) is 0 Å². The maximum Gasteiger partial charge on any atom is 0.216 e. The number of hydrogen-bond donors (Lipinski definition) is 3. The summed E-state index contributed by atoms with van der Waals surface area (Å²) in [6.07, 6.45) is -1.83. The molecule has 3 N–H and O–H groups in total. The molecule has 8 heteroatoms. The fourth-order valence-corrected chi connectivity index (χ4v) is 4.65. The number of aliphatic hydroxyl groups is 2. The summed E-state index contributed by atoms with van der Waals surface area (Å²) in [4.78, 5) is 11.3. The van der Waals surface area contributed by atoms with Gasteiger partial charge in [-0.3, -0.25) is 4.79 Å². The van der Waals surface area contributed by atoms with Crippen molar-refractivity contribution in [1.82, 2.24) is 5.32 Å². The predicted octanol–water partition coefficient (Wildman–Crippen LogP) is 4.67. The molecule has 1 saturated carbocycles. The summed E-state index contributed by atoms with van der Waals surface area (Å²) in [5, 5.41) is 24.9. The highest BCUT2D eigenvalue weighted by molar-refractivity contribution is 6.30. The van der Waals surface area contributed by atoms with Gasteiger partial charge in [0.1, 0.15) is 29.9 Å². The zero-order valence-corrected chi connectivity index (χ0v) is 21.3. The van der Waals surface area contributed by atoms with Crippen LogP contribution in [0.25, 0.3) is 11.1 Å². The first-order chi connectivity index (χ1) is 17.8. The van der Waals surface area contributed by atoms with Crippen molar-refractivity contribution >= 4 is 17.5 Å². The van der Waals surface area contributed by atoms with Crippen LogP contribution in [0.3, 0.4) is 0 Å². The molecule has 3 aromatic carbocycles. The van der Waals surface area contributed by atoms with E-state index in [2.05, 4.69) is 5.32 Å². The monoisotopic (exact) mass is 527 g/mol. The first-order valence-electron chi connectivity index (χ1n) is 12.3. The van der Waals surface area contributed by atoms with Gasteiger partial charge in [0.2, 0.25) is 5.91 Å². The van der Waals surface area contributed by atoms with Crippen LogP contribution in [-0.2, 0) is 22.6 Å². The molecule has 1 amide bonds. The second kappa shape index (κ2) is 12.5. The lowest BCUT2D eigenvalue weighted by molar-refractivity contribution is -0.150. The van der Waals surface area contributed by atoms with Gasteiger partial charge in [0.15, 0.2) is 0 Å². The summed E-state index contributed by atoms with van der Waals surface area (Å²) in [5.41, 5.74) is 3.31. The smallest absolute Gasteiger partial charge is 0.216 e. The predicted molar refractivity (Wildman–Crippen MR) is 140 cm³/mol. The van der Waals surface area contributed by atoms with Crippen molar-refractivity contribution in [2.45, 2.75) is 57.2 Å². The van der Waals surface area contributed by atoms with E-state index in [1.807, 2.05) is 24.3 Å². The molecular weight excluding hydrogens is 497 g/mol. The standard InChI is InChI=1S/C29H31ClFNO5/c1-18(33)32-14-13-20-7-10-24(16-25(20)21-3-2-4-23(31)15-21)37-27-12-11-26(28(34)29(27)35)36-17-19-5-8-22(30)9-6-19/h2-10,15-16,26-29,34-35H,11-14,17H2,1H3,(H,32,33). The van der Waals surface area contributed by atoms with Gasteiger partial charge < -0.3 is 25.0 Å². The van der Waals surface area contributed by atoms with Crippen LogP contribution in [0.2, 0.25) is 5.02 Å². The number of halogens is 2. The molecule has 37 heavy (non-hydrogen) atoms. The first kappa shape index (κ1) is 27.1. The summed E-state index contributed by atoms with van der Waals surface area (Å²) in [6, 6.07) is 19.0. The largest absolute Gasteiger partial charge is 0.488 e. The molecule has 196 valence electrons. The van der Waals surface area contributed by atoms with Crippen molar-refractivity contribution in [2.75, 3.05) is 6.54 Å². The molecule has 4 rings (SSSR count). The Bertz CT molecular complexity index is 1210. The fourth-order valence-electron chi connectivity index (χ4n) is 4.52. The molecule has 4 unspecified atom stereocenters. The highest BCUT2D eigenvalue weighted by Gasteiger charge is 2.39. The maximum atomic E-state index is 14.0. The minimum absolute atomic E-state index is 0.118. The van der Waals surface area contributed by atoms with Gasteiger partial charge in [-0.1, -0.05) is 41.9 Å². The van der Waals surface area contributed by atoms with E-state index in [1.165, 1.54) is 19.1 Å². The van der Waals surface area contributed by atoms with E-state index in [1.54, 1.807) is 30.3 Å². The zero-order chi connectivity index (χ0) is 26.4. The van der Waals surface area contributed by atoms with Crippen LogP contribution in [0.5, 0.6) is 5.75 Å². The molecule has 0 saturated heterocycles. The SMILES string of the molecule is CC(=O)NCCc1ccc(OC2CCC(OCc3ccc(Cl)cc3)C(O)C2O)cc1-c1cccc(F)c1. The lowest BCUT2D eigenvalue weighted by Crippen LogP contribution is -2.52. The average molecular weight is 528 g/mol. The normalized spacial score (nSPS) is 21.4. The second-order valence-electron chi connectivity index (χ2n) is 9.25. The quantitative estimate of drug-likeness (QED) is 0.376. The van der Waals surface area contributed by atoms with E-state index < -0.39 is 24.4 Å². The van der Waals surface area contributed by atoms with Crippen LogP contribution < -0.4 is 10.1 Å². The van der Waals surface area contributed by atoms with Crippen molar-refractivity contribution < 1.29 is 28.9 Å². The fraction of sp³-hybridized carbons (Fsp3) is 0.345. The minimum Gasteiger partial charge on any atom is -0.488 e. The molecule has 0 heterocycles. The Morgan fingerprint density at radius 2 is 1.76 bits per heavy atom. The summed E-state index contributed by atoms with van der Waals surface area (Å²) in [6.45, 7) is 2.21. The number of carbonyl (C=O) groups excluding carboxylic acids is 1. The van der Waals surface area contributed by atoms with Crippen LogP contribution in [0.1, 0.15) is 30.9 Å². The van der Waals surface area contributed by atoms with Crippen LogP contribution in [0.15, 0.2) is 66.7 Å². The van der Waals surface area contributed by atoms with E-state index in [9.17, 15) is 19.4 Å². The van der Waals surface area contributed by atoms with Crippen molar-refractivity contribution in [3.8, 4) is 16.9 Å². The Hall–Kier alpha value is -2.97. The summed E-state index contributed by atoms with van der Waals surface area (Å²) < 4.78 is 26.0. The molecule has 0 bridgehead atoms. The number of benzene rings is 3. The minimum atomic E-state index is -1.14. The number of carbonyl (C=O) groups is 1. The summed E-state index contributed by atoms with van der Waals surface area (Å²) >= 11 is 5.92. The van der Waals surface area contributed by atoms with Gasteiger partial charge in [0, 0.05) is 18.5 Å². The molecular formula is C29H31ClFNO5. The number of ether oxygens (including phenoxy) is 2. The van der Waals surface area contributed by atoms with Crippen molar-refractivity contribution in [2.24, 2.45) is 0 Å². The maximum absolute atomic E-state index is 14.0. The van der Waals surface area contributed by atoms with Crippen molar-refractivity contribution in [1.29, 1.82) is 0 Å². The van der Waals surface area contributed by atoms with E-state index in [0.717, 1.165) is 16.7 Å². The third-order valence-electron chi connectivity index (χ3n) is 6.50. The second-order valence-corrected chi connectivity index (χ2v) is 9.69. The average Bonchev–Trinajstić information content (AvgIpc) is 2.88. The van der Waals surface area contributed by atoms with Gasteiger partial charge >= 0.3 is 0 Å². The molecule has 0 aromatic heterocycles. The Balaban J connectivity index is 1.44. The lowest BCUT2D eigenvalue weighted by Gasteiger charge is -2.37. The highest BCUT2D eigenvalue weighted by atomic mass is 35.5. The number of hydrogen-bond acceptors (Lipinski definition) is 5. The Labute approximate surface area is 221 Å². The third-order valence-corrected chi connectivity index (χ3v) is 6.75. The van der Waals surface area contributed by atoms with E-state index in [0.29, 0.717) is 48.7 Å². The Kier molecular flexibility index (Phi) is 9.16. The van der Waals surface area contributed by atoms with E-state index in [4.69, 9.17) is 21.1 Å². The van der Waals surface area contributed by atoms with E-state index >= 15 is 0 Å². The van der Waals surface area contributed by atoms with Gasteiger partial charge in [-0.25, -0.2) is 4.39 Å². The van der Waals surface area contributed by atoms with Crippen LogP contribution in [0.4, 0.5) is 4.39 Å². The highest BCUT2D eigenvalue weighted by Crippen LogP contribution is 2.32. The molecule has 0 radical (unpaired) electrons. The van der Waals surface area contributed by atoms with Gasteiger partial charge in [-0.05, 0) is 77.9 Å². The molecule has 1 aliphatic carbocycles. The molecule has 0 aliphatic heterocycles. The number of amides is 1. The molecule has 4 atom stereocenters. The number of nitrogens with one attached hydrogen (secondary N) is 1. The molecule has 1 fully saturated rings. The Morgan fingerprint density at radius 3 is 2.49 bits per heavy atom. The zero-order valence-electron chi connectivity index (χ0n) is 20.6. The van der Waals surface area contributed by atoms with Gasteiger partial charge in [0.25, 0.3) is 0 Å². The van der Waals surface area contributed by atoms with Gasteiger partial charge in [-0.15, -0.1) is 0 Å². The summed E-state index contributed by atoms with van der Waals surface area (Å²) in [5.74, 6) is 0.0268. The summed E-state index contributed by atoms with van der Waals surface area (Å²) in [7, 11) is 0. The van der Waals surface area contributed by atoms with Crippen LogP contribution >= 0.6 is 11.6 Å². The first-order valence-corrected chi connectivity index (χ1v) is 12.7. The Morgan fingerprint density at radius 1 is 1.03 bits per heavy atom. The van der Waals surface area contributed by atoms with Gasteiger partial charge in [0.05, 0.1) is 12.7 Å². The molecule has 0 spiro atoms.